The predicted octanol–water partition coefficient (Wildman–Crippen LogP) is 2.02. The van der Waals surface area contributed by atoms with Crippen molar-refractivity contribution in [2.75, 3.05) is 0 Å². The van der Waals surface area contributed by atoms with Crippen LogP contribution in [0.25, 0.3) is 0 Å². The number of carbonyl (C=O) groups is 1. The van der Waals surface area contributed by atoms with Crippen LogP contribution < -0.4 is 0 Å². The first-order valence-corrected chi connectivity index (χ1v) is 5.28. The third-order valence-electron chi connectivity index (χ3n) is 3.08. The number of carbonyl (C=O) groups excluding carboxylic acids is 1. The summed E-state index contributed by atoms with van der Waals surface area (Å²) in [5.41, 5.74) is 0. The third-order valence-corrected chi connectivity index (χ3v) is 3.08. The lowest BCUT2D eigenvalue weighted by molar-refractivity contribution is -0.170. The molecule has 78 valence electrons. The van der Waals surface area contributed by atoms with Gasteiger partial charge in [0.1, 0.15) is 0 Å². The number of ether oxygens (including phenoxy) is 2. The first kappa shape index (κ1) is 9.71. The van der Waals surface area contributed by atoms with Crippen LogP contribution in [0.3, 0.4) is 0 Å². The van der Waals surface area contributed by atoms with Crippen molar-refractivity contribution in [1.29, 1.82) is 0 Å². The zero-order valence-corrected chi connectivity index (χ0v) is 8.28. The van der Waals surface area contributed by atoms with Gasteiger partial charge in [-0.2, -0.15) is 0 Å². The van der Waals surface area contributed by atoms with Crippen molar-refractivity contribution in [3.05, 3.63) is 12.7 Å². The minimum Gasteiger partial charge on any atom is -0.433 e. The van der Waals surface area contributed by atoms with E-state index in [4.69, 9.17) is 9.47 Å². The molecule has 2 rings (SSSR count). The Morgan fingerprint density at radius 1 is 1.43 bits per heavy atom. The number of hydrogen-bond donors (Lipinski definition) is 0. The molecule has 0 aromatic rings. The van der Waals surface area contributed by atoms with E-state index in [1.165, 1.54) is 25.3 Å². The SMILES string of the molecule is C=CC(=O)OC1CC2CCCCC2O1. The molecular formula is C11H16O3. The van der Waals surface area contributed by atoms with Gasteiger partial charge in [-0.25, -0.2) is 4.79 Å². The fourth-order valence-corrected chi connectivity index (χ4v) is 2.37. The highest BCUT2D eigenvalue weighted by Crippen LogP contribution is 2.37. The summed E-state index contributed by atoms with van der Waals surface area (Å²) in [4.78, 5) is 11.0. The fraction of sp³-hybridized carbons (Fsp3) is 0.727. The molecule has 0 aromatic heterocycles. The van der Waals surface area contributed by atoms with Crippen molar-refractivity contribution in [1.82, 2.24) is 0 Å². The van der Waals surface area contributed by atoms with Gasteiger partial charge in [0, 0.05) is 12.5 Å². The quantitative estimate of drug-likeness (QED) is 0.500. The molecule has 0 amide bonds. The topological polar surface area (TPSA) is 35.5 Å². The van der Waals surface area contributed by atoms with Crippen molar-refractivity contribution in [3.8, 4) is 0 Å². The second-order valence-electron chi connectivity index (χ2n) is 4.03. The molecule has 3 heteroatoms. The van der Waals surface area contributed by atoms with Crippen molar-refractivity contribution < 1.29 is 14.3 Å². The van der Waals surface area contributed by atoms with Gasteiger partial charge in [-0.15, -0.1) is 0 Å². The lowest BCUT2D eigenvalue weighted by Gasteiger charge is -2.22. The van der Waals surface area contributed by atoms with Crippen LogP contribution in [0.1, 0.15) is 32.1 Å². The van der Waals surface area contributed by atoms with Crippen LogP contribution in [0.2, 0.25) is 0 Å². The Labute approximate surface area is 84.1 Å². The van der Waals surface area contributed by atoms with Crippen LogP contribution in [0.5, 0.6) is 0 Å². The molecule has 1 heterocycles. The molecular weight excluding hydrogens is 180 g/mol. The highest BCUT2D eigenvalue weighted by Gasteiger charge is 2.38. The molecule has 2 fully saturated rings. The van der Waals surface area contributed by atoms with E-state index < -0.39 is 0 Å². The molecule has 3 nitrogen and oxygen atoms in total. The lowest BCUT2D eigenvalue weighted by Crippen LogP contribution is -2.20. The van der Waals surface area contributed by atoms with Crippen molar-refractivity contribution in [2.45, 2.75) is 44.5 Å². The maximum absolute atomic E-state index is 11.0. The highest BCUT2D eigenvalue weighted by atomic mass is 16.7. The third kappa shape index (κ3) is 1.98. The van der Waals surface area contributed by atoms with Crippen LogP contribution in [-0.2, 0) is 14.3 Å². The summed E-state index contributed by atoms with van der Waals surface area (Å²) < 4.78 is 10.7. The summed E-state index contributed by atoms with van der Waals surface area (Å²) >= 11 is 0. The average molecular weight is 196 g/mol. The average Bonchev–Trinajstić information content (AvgIpc) is 2.59. The van der Waals surface area contributed by atoms with E-state index in [-0.39, 0.29) is 12.3 Å². The molecule has 1 saturated carbocycles. The summed E-state index contributed by atoms with van der Waals surface area (Å²) in [6.45, 7) is 3.36. The highest BCUT2D eigenvalue weighted by molar-refractivity contribution is 5.81. The molecule has 1 aliphatic heterocycles. The number of rotatable bonds is 2. The molecule has 0 radical (unpaired) electrons. The molecule has 0 bridgehead atoms. The van der Waals surface area contributed by atoms with Gasteiger partial charge in [-0.1, -0.05) is 19.4 Å². The van der Waals surface area contributed by atoms with Gasteiger partial charge in [0.25, 0.3) is 0 Å². The van der Waals surface area contributed by atoms with Crippen molar-refractivity contribution in [2.24, 2.45) is 5.92 Å². The van der Waals surface area contributed by atoms with E-state index in [1.54, 1.807) is 0 Å². The molecule has 1 saturated heterocycles. The molecule has 3 atom stereocenters. The molecule has 14 heavy (non-hydrogen) atoms. The molecule has 0 spiro atoms. The van der Waals surface area contributed by atoms with Gasteiger partial charge >= 0.3 is 5.97 Å². The monoisotopic (exact) mass is 196 g/mol. The number of esters is 1. The van der Waals surface area contributed by atoms with Gasteiger partial charge in [-0.3, -0.25) is 0 Å². The predicted molar refractivity (Wildman–Crippen MR) is 51.5 cm³/mol. The molecule has 1 aliphatic carbocycles. The summed E-state index contributed by atoms with van der Waals surface area (Å²) in [5.74, 6) is 0.222. The Morgan fingerprint density at radius 2 is 2.21 bits per heavy atom. The second kappa shape index (κ2) is 4.13. The first-order chi connectivity index (χ1) is 6.79. The smallest absolute Gasteiger partial charge is 0.332 e. The molecule has 0 N–H and O–H groups in total. The Bertz CT molecular complexity index is 223. The van der Waals surface area contributed by atoms with E-state index >= 15 is 0 Å². The van der Waals surface area contributed by atoms with Crippen molar-refractivity contribution in [3.63, 3.8) is 0 Å². The van der Waals surface area contributed by atoms with Gasteiger partial charge in [0.05, 0.1) is 6.10 Å². The normalized spacial score (nSPS) is 36.1. The Kier molecular flexibility index (Phi) is 2.87. The second-order valence-corrected chi connectivity index (χ2v) is 4.03. The van der Waals surface area contributed by atoms with Crippen LogP contribution >= 0.6 is 0 Å². The Hall–Kier alpha value is -0.830. The molecule has 3 unspecified atom stereocenters. The largest absolute Gasteiger partial charge is 0.433 e. The summed E-state index contributed by atoms with van der Waals surface area (Å²) in [6, 6.07) is 0. The van der Waals surface area contributed by atoms with E-state index in [0.29, 0.717) is 12.0 Å². The fourth-order valence-electron chi connectivity index (χ4n) is 2.37. The van der Waals surface area contributed by atoms with E-state index in [1.807, 2.05) is 0 Å². The Morgan fingerprint density at radius 3 is 2.93 bits per heavy atom. The van der Waals surface area contributed by atoms with Crippen LogP contribution in [0.15, 0.2) is 12.7 Å². The van der Waals surface area contributed by atoms with Gasteiger partial charge in [0.2, 0.25) is 6.29 Å². The summed E-state index contributed by atoms with van der Waals surface area (Å²) in [5, 5.41) is 0. The van der Waals surface area contributed by atoms with Crippen LogP contribution in [0.4, 0.5) is 0 Å². The first-order valence-electron chi connectivity index (χ1n) is 5.28. The molecule has 2 aliphatic rings. The van der Waals surface area contributed by atoms with Gasteiger partial charge in [-0.05, 0) is 18.8 Å². The zero-order chi connectivity index (χ0) is 9.97. The zero-order valence-electron chi connectivity index (χ0n) is 8.28. The Balaban J connectivity index is 1.86. The molecule has 0 aromatic carbocycles. The minimum absolute atomic E-state index is 0.325. The standard InChI is InChI=1S/C11H16O3/c1-2-10(12)14-11-7-8-5-3-4-6-9(8)13-11/h2,8-9,11H,1,3-7H2. The number of hydrogen-bond acceptors (Lipinski definition) is 3. The summed E-state index contributed by atoms with van der Waals surface area (Å²) in [6.07, 6.45) is 6.91. The van der Waals surface area contributed by atoms with Crippen LogP contribution in [0, 0.1) is 5.92 Å². The van der Waals surface area contributed by atoms with Crippen LogP contribution in [-0.4, -0.2) is 18.4 Å². The lowest BCUT2D eigenvalue weighted by atomic mass is 9.86. The van der Waals surface area contributed by atoms with Gasteiger partial charge in [0.15, 0.2) is 0 Å². The van der Waals surface area contributed by atoms with E-state index in [2.05, 4.69) is 6.58 Å². The number of fused-ring (bicyclic) bond motifs is 1. The summed E-state index contributed by atoms with van der Waals surface area (Å²) in [7, 11) is 0. The maximum Gasteiger partial charge on any atom is 0.332 e. The van der Waals surface area contributed by atoms with E-state index in [0.717, 1.165) is 12.8 Å². The van der Waals surface area contributed by atoms with E-state index in [9.17, 15) is 4.79 Å². The van der Waals surface area contributed by atoms with Crippen molar-refractivity contribution >= 4 is 5.97 Å². The minimum atomic E-state index is -0.381. The van der Waals surface area contributed by atoms with Gasteiger partial charge < -0.3 is 9.47 Å². The maximum atomic E-state index is 11.0.